The van der Waals surface area contributed by atoms with E-state index in [2.05, 4.69) is 10.4 Å². The monoisotopic (exact) mass is 336 g/mol. The van der Waals surface area contributed by atoms with E-state index in [0.717, 1.165) is 5.56 Å². The molecule has 25 heavy (non-hydrogen) atoms. The molecule has 0 saturated carbocycles. The van der Waals surface area contributed by atoms with Crippen LogP contribution in [0, 0.1) is 17.0 Å². The highest BCUT2D eigenvalue weighted by molar-refractivity contribution is 6.04. The van der Waals surface area contributed by atoms with Crippen LogP contribution in [0.5, 0.6) is 0 Å². The lowest BCUT2D eigenvalue weighted by Crippen LogP contribution is -2.12. The van der Waals surface area contributed by atoms with Gasteiger partial charge in [-0.05, 0) is 24.6 Å². The molecular formula is C18H16N4O3. The van der Waals surface area contributed by atoms with Crippen molar-refractivity contribution in [3.63, 3.8) is 0 Å². The summed E-state index contributed by atoms with van der Waals surface area (Å²) in [6, 6.07) is 14.1. The Kier molecular flexibility index (Phi) is 4.56. The fraction of sp³-hybridized carbons (Fsp3) is 0.111. The summed E-state index contributed by atoms with van der Waals surface area (Å²) in [5.74, 6) is -0.336. The third-order valence-corrected chi connectivity index (χ3v) is 3.73. The van der Waals surface area contributed by atoms with E-state index >= 15 is 0 Å². The molecule has 0 bridgehead atoms. The first-order chi connectivity index (χ1) is 12.0. The quantitative estimate of drug-likeness (QED) is 0.571. The van der Waals surface area contributed by atoms with Crippen molar-refractivity contribution in [2.24, 2.45) is 0 Å². The van der Waals surface area contributed by atoms with Crippen LogP contribution in [-0.4, -0.2) is 20.6 Å². The second kappa shape index (κ2) is 6.96. The number of nitrogens with one attached hydrogen (secondary N) is 1. The van der Waals surface area contributed by atoms with E-state index in [1.54, 1.807) is 24.0 Å². The highest BCUT2D eigenvalue weighted by Gasteiger charge is 2.14. The van der Waals surface area contributed by atoms with Crippen molar-refractivity contribution in [1.82, 2.24) is 9.78 Å². The Labute approximate surface area is 144 Å². The van der Waals surface area contributed by atoms with E-state index in [9.17, 15) is 14.9 Å². The summed E-state index contributed by atoms with van der Waals surface area (Å²) >= 11 is 0. The number of amides is 1. The summed E-state index contributed by atoms with van der Waals surface area (Å²) in [5.41, 5.74) is 2.47. The number of nitrogens with zero attached hydrogens (tertiary/aromatic N) is 3. The minimum atomic E-state index is -0.468. The third-order valence-electron chi connectivity index (χ3n) is 3.73. The molecule has 0 radical (unpaired) electrons. The van der Waals surface area contributed by atoms with E-state index in [1.165, 1.54) is 18.2 Å². The average molecular weight is 336 g/mol. The maximum absolute atomic E-state index is 12.3. The second-order valence-corrected chi connectivity index (χ2v) is 5.62. The molecule has 1 N–H and O–H groups in total. The normalized spacial score (nSPS) is 10.4. The first-order valence-electron chi connectivity index (χ1n) is 7.66. The van der Waals surface area contributed by atoms with E-state index in [4.69, 9.17) is 0 Å². The highest BCUT2D eigenvalue weighted by Crippen LogP contribution is 2.19. The largest absolute Gasteiger partial charge is 0.319 e. The van der Waals surface area contributed by atoms with Gasteiger partial charge in [0, 0.05) is 23.4 Å². The SMILES string of the molecule is Cc1cc(C(=O)Nc2cnn(Cc3ccccc3)c2)ccc1[N+](=O)[O-]. The first kappa shape index (κ1) is 16.4. The van der Waals surface area contributed by atoms with Gasteiger partial charge in [0.25, 0.3) is 11.6 Å². The van der Waals surface area contributed by atoms with Crippen LogP contribution in [0.25, 0.3) is 0 Å². The fourth-order valence-corrected chi connectivity index (χ4v) is 2.49. The van der Waals surface area contributed by atoms with Crippen LogP contribution in [0.3, 0.4) is 0 Å². The molecular weight excluding hydrogens is 320 g/mol. The zero-order chi connectivity index (χ0) is 17.8. The lowest BCUT2D eigenvalue weighted by Gasteiger charge is -2.04. The Morgan fingerprint density at radius 3 is 2.68 bits per heavy atom. The van der Waals surface area contributed by atoms with Gasteiger partial charge in [0.1, 0.15) is 0 Å². The Bertz CT molecular complexity index is 919. The molecule has 126 valence electrons. The number of hydrogen-bond donors (Lipinski definition) is 1. The van der Waals surface area contributed by atoms with Crippen molar-refractivity contribution in [3.8, 4) is 0 Å². The molecule has 0 unspecified atom stereocenters. The molecule has 7 nitrogen and oxygen atoms in total. The van der Waals surface area contributed by atoms with Crippen LogP contribution in [0.15, 0.2) is 60.9 Å². The molecule has 1 heterocycles. The first-order valence-corrected chi connectivity index (χ1v) is 7.66. The Morgan fingerprint density at radius 2 is 2.00 bits per heavy atom. The lowest BCUT2D eigenvalue weighted by atomic mass is 10.1. The molecule has 1 aromatic heterocycles. The maximum Gasteiger partial charge on any atom is 0.272 e. The van der Waals surface area contributed by atoms with Crippen molar-refractivity contribution < 1.29 is 9.72 Å². The number of nitro benzene ring substituents is 1. The van der Waals surface area contributed by atoms with Crippen molar-refractivity contribution >= 4 is 17.3 Å². The number of rotatable bonds is 5. The van der Waals surface area contributed by atoms with Crippen LogP contribution >= 0.6 is 0 Å². The summed E-state index contributed by atoms with van der Waals surface area (Å²) in [6.45, 7) is 2.21. The topological polar surface area (TPSA) is 90.1 Å². The van der Waals surface area contributed by atoms with Crippen molar-refractivity contribution in [2.45, 2.75) is 13.5 Å². The van der Waals surface area contributed by atoms with E-state index in [-0.39, 0.29) is 11.6 Å². The molecule has 1 amide bonds. The average Bonchev–Trinajstić information content (AvgIpc) is 3.02. The fourth-order valence-electron chi connectivity index (χ4n) is 2.49. The highest BCUT2D eigenvalue weighted by atomic mass is 16.6. The molecule has 0 saturated heterocycles. The Hall–Kier alpha value is -3.48. The van der Waals surface area contributed by atoms with Gasteiger partial charge in [-0.3, -0.25) is 19.6 Å². The lowest BCUT2D eigenvalue weighted by molar-refractivity contribution is -0.385. The third kappa shape index (κ3) is 3.89. The molecule has 3 rings (SSSR count). The zero-order valence-corrected chi connectivity index (χ0v) is 13.5. The van der Waals surface area contributed by atoms with Crippen LogP contribution in [0.4, 0.5) is 11.4 Å². The standard InChI is InChI=1S/C18H16N4O3/c1-13-9-15(7-8-17(13)22(24)25)18(23)20-16-10-19-21(12-16)11-14-5-3-2-4-6-14/h2-10,12H,11H2,1H3,(H,20,23). The van der Waals surface area contributed by atoms with E-state index in [0.29, 0.717) is 23.4 Å². The summed E-state index contributed by atoms with van der Waals surface area (Å²) in [4.78, 5) is 22.7. The predicted molar refractivity (Wildman–Crippen MR) is 93.6 cm³/mol. The zero-order valence-electron chi connectivity index (χ0n) is 13.5. The van der Waals surface area contributed by atoms with E-state index < -0.39 is 4.92 Å². The Morgan fingerprint density at radius 1 is 1.24 bits per heavy atom. The van der Waals surface area contributed by atoms with Crippen LogP contribution in [0.1, 0.15) is 21.5 Å². The number of hydrogen-bond acceptors (Lipinski definition) is 4. The summed E-state index contributed by atoms with van der Waals surface area (Å²) in [5, 5.41) is 17.8. The number of anilines is 1. The molecule has 7 heteroatoms. The maximum atomic E-state index is 12.3. The van der Waals surface area contributed by atoms with Crippen molar-refractivity contribution in [1.29, 1.82) is 0 Å². The van der Waals surface area contributed by atoms with Gasteiger partial charge in [-0.25, -0.2) is 0 Å². The van der Waals surface area contributed by atoms with Gasteiger partial charge in [-0.2, -0.15) is 5.10 Å². The molecule has 2 aromatic carbocycles. The van der Waals surface area contributed by atoms with Gasteiger partial charge in [0.05, 0.1) is 23.4 Å². The van der Waals surface area contributed by atoms with Gasteiger partial charge in [-0.1, -0.05) is 30.3 Å². The van der Waals surface area contributed by atoms with Crippen LogP contribution in [0.2, 0.25) is 0 Å². The Balaban J connectivity index is 1.69. The molecule has 3 aromatic rings. The smallest absolute Gasteiger partial charge is 0.272 e. The van der Waals surface area contributed by atoms with Gasteiger partial charge in [-0.15, -0.1) is 0 Å². The van der Waals surface area contributed by atoms with Crippen LogP contribution < -0.4 is 5.32 Å². The molecule has 0 atom stereocenters. The molecule has 0 aliphatic carbocycles. The number of aromatic nitrogens is 2. The van der Waals surface area contributed by atoms with Gasteiger partial charge in [0.15, 0.2) is 0 Å². The number of carbonyl (C=O) groups is 1. The summed E-state index contributed by atoms with van der Waals surface area (Å²) < 4.78 is 1.73. The summed E-state index contributed by atoms with van der Waals surface area (Å²) in [7, 11) is 0. The molecule has 0 aliphatic rings. The molecule has 0 fully saturated rings. The van der Waals surface area contributed by atoms with Gasteiger partial charge >= 0.3 is 0 Å². The molecule has 0 spiro atoms. The number of benzene rings is 2. The predicted octanol–water partition coefficient (Wildman–Crippen LogP) is 3.40. The van der Waals surface area contributed by atoms with Crippen LogP contribution in [-0.2, 0) is 6.54 Å². The number of nitro groups is 1. The molecule has 0 aliphatic heterocycles. The second-order valence-electron chi connectivity index (χ2n) is 5.62. The number of aryl methyl sites for hydroxylation is 1. The van der Waals surface area contributed by atoms with E-state index in [1.807, 2.05) is 30.3 Å². The van der Waals surface area contributed by atoms with Crippen molar-refractivity contribution in [3.05, 3.63) is 87.7 Å². The summed E-state index contributed by atoms with van der Waals surface area (Å²) in [6.07, 6.45) is 3.31. The number of carbonyl (C=O) groups excluding carboxylic acids is 1. The minimum Gasteiger partial charge on any atom is -0.319 e. The van der Waals surface area contributed by atoms with Gasteiger partial charge < -0.3 is 5.32 Å². The minimum absolute atomic E-state index is 0.00719. The van der Waals surface area contributed by atoms with Gasteiger partial charge in [0.2, 0.25) is 0 Å². The van der Waals surface area contributed by atoms with Crippen molar-refractivity contribution in [2.75, 3.05) is 5.32 Å².